The van der Waals surface area contributed by atoms with E-state index in [2.05, 4.69) is 15.4 Å². The van der Waals surface area contributed by atoms with E-state index in [9.17, 15) is 4.79 Å². The Kier molecular flexibility index (Phi) is 3.00. The van der Waals surface area contributed by atoms with Gasteiger partial charge in [-0.25, -0.2) is 9.50 Å². The van der Waals surface area contributed by atoms with Crippen molar-refractivity contribution in [3.05, 3.63) is 46.5 Å². The zero-order valence-corrected chi connectivity index (χ0v) is 11.1. The Hall–Kier alpha value is -2.21. The number of rotatable bonds is 3. The minimum Gasteiger partial charge on any atom is -0.323 e. The van der Waals surface area contributed by atoms with Gasteiger partial charge in [0, 0.05) is 10.9 Å². The number of fused-ring (bicyclic) bond motifs is 1. The molecule has 0 fully saturated rings. The number of hydrogen-bond acceptors (Lipinski definition) is 4. The summed E-state index contributed by atoms with van der Waals surface area (Å²) < 4.78 is 1.66. The quantitative estimate of drug-likeness (QED) is 0.795. The summed E-state index contributed by atoms with van der Waals surface area (Å²) in [6.45, 7) is 1.91. The van der Waals surface area contributed by atoms with E-state index in [4.69, 9.17) is 0 Å². The van der Waals surface area contributed by atoms with Crippen LogP contribution >= 0.6 is 11.3 Å². The number of thiophene rings is 1. The molecule has 0 saturated carbocycles. The molecule has 3 heterocycles. The molecule has 1 amide bonds. The standard InChI is InChI=1S/C13H12N4OS/c1-9-5-12-14-7-10(8-17(12)16-9)15-13(18)6-11-3-2-4-19-11/h2-5,7-8H,6H2,1H3,(H,15,18). The first-order valence-electron chi connectivity index (χ1n) is 5.85. The zero-order chi connectivity index (χ0) is 13.2. The summed E-state index contributed by atoms with van der Waals surface area (Å²) in [4.78, 5) is 17.1. The SMILES string of the molecule is Cc1cc2ncc(NC(=O)Cc3cccs3)cn2n1. The number of hydrogen-bond donors (Lipinski definition) is 1. The van der Waals surface area contributed by atoms with Crippen molar-refractivity contribution in [1.29, 1.82) is 0 Å². The molecular formula is C13H12N4OS. The minimum absolute atomic E-state index is 0.0486. The van der Waals surface area contributed by atoms with Gasteiger partial charge in [0.05, 0.1) is 30.2 Å². The number of nitrogens with zero attached hydrogens (tertiary/aromatic N) is 3. The van der Waals surface area contributed by atoms with Crippen molar-refractivity contribution in [2.24, 2.45) is 0 Å². The van der Waals surface area contributed by atoms with E-state index in [1.165, 1.54) is 0 Å². The second-order valence-corrected chi connectivity index (χ2v) is 5.27. The molecule has 1 N–H and O–H groups in total. The van der Waals surface area contributed by atoms with Crippen LogP contribution in [0.3, 0.4) is 0 Å². The zero-order valence-electron chi connectivity index (χ0n) is 10.3. The van der Waals surface area contributed by atoms with Gasteiger partial charge in [-0.15, -0.1) is 11.3 Å². The number of carbonyl (C=O) groups excluding carboxylic acids is 1. The van der Waals surface area contributed by atoms with Crippen molar-refractivity contribution in [1.82, 2.24) is 14.6 Å². The van der Waals surface area contributed by atoms with Gasteiger partial charge >= 0.3 is 0 Å². The van der Waals surface area contributed by atoms with Crippen LogP contribution in [-0.2, 0) is 11.2 Å². The smallest absolute Gasteiger partial charge is 0.229 e. The van der Waals surface area contributed by atoms with Crippen LogP contribution in [0.15, 0.2) is 36.0 Å². The molecule has 0 aliphatic heterocycles. The highest BCUT2D eigenvalue weighted by molar-refractivity contribution is 7.10. The maximum atomic E-state index is 11.9. The molecule has 0 atom stereocenters. The molecule has 0 aromatic carbocycles. The van der Waals surface area contributed by atoms with Gasteiger partial charge < -0.3 is 5.32 Å². The maximum absolute atomic E-state index is 11.9. The van der Waals surface area contributed by atoms with Crippen LogP contribution in [0.2, 0.25) is 0 Å². The fourth-order valence-corrected chi connectivity index (χ4v) is 2.54. The lowest BCUT2D eigenvalue weighted by molar-refractivity contribution is -0.115. The summed E-state index contributed by atoms with van der Waals surface area (Å²) >= 11 is 1.57. The molecular weight excluding hydrogens is 260 g/mol. The first-order valence-corrected chi connectivity index (χ1v) is 6.73. The summed E-state index contributed by atoms with van der Waals surface area (Å²) in [5.74, 6) is -0.0486. The van der Waals surface area contributed by atoms with Crippen molar-refractivity contribution in [3.8, 4) is 0 Å². The molecule has 19 heavy (non-hydrogen) atoms. The molecule has 3 aromatic heterocycles. The molecule has 0 radical (unpaired) electrons. The average molecular weight is 272 g/mol. The number of aryl methyl sites for hydroxylation is 1. The maximum Gasteiger partial charge on any atom is 0.229 e. The minimum atomic E-state index is -0.0486. The second-order valence-electron chi connectivity index (χ2n) is 4.24. The van der Waals surface area contributed by atoms with Gasteiger partial charge in [0.15, 0.2) is 5.65 Å². The van der Waals surface area contributed by atoms with E-state index in [0.29, 0.717) is 12.1 Å². The van der Waals surface area contributed by atoms with Crippen molar-refractivity contribution in [3.63, 3.8) is 0 Å². The molecule has 96 valence electrons. The highest BCUT2D eigenvalue weighted by atomic mass is 32.1. The Morgan fingerprint density at radius 2 is 2.42 bits per heavy atom. The van der Waals surface area contributed by atoms with Crippen LogP contribution in [0.4, 0.5) is 5.69 Å². The third-order valence-electron chi connectivity index (χ3n) is 2.63. The van der Waals surface area contributed by atoms with Gasteiger partial charge in [-0.2, -0.15) is 5.10 Å². The van der Waals surface area contributed by atoms with Crippen molar-refractivity contribution >= 4 is 28.6 Å². The lowest BCUT2D eigenvalue weighted by Crippen LogP contribution is -2.14. The molecule has 0 bridgehead atoms. The topological polar surface area (TPSA) is 59.3 Å². The van der Waals surface area contributed by atoms with Gasteiger partial charge in [0.1, 0.15) is 0 Å². The number of nitrogens with one attached hydrogen (secondary N) is 1. The molecule has 0 unspecified atom stereocenters. The molecule has 0 aliphatic carbocycles. The summed E-state index contributed by atoms with van der Waals surface area (Å²) in [5.41, 5.74) is 2.32. The molecule has 0 aliphatic rings. The van der Waals surface area contributed by atoms with Gasteiger partial charge in [-0.1, -0.05) is 6.07 Å². The normalized spacial score (nSPS) is 10.8. The molecule has 0 spiro atoms. The van der Waals surface area contributed by atoms with Crippen molar-refractivity contribution in [2.45, 2.75) is 13.3 Å². The fourth-order valence-electron chi connectivity index (χ4n) is 1.84. The Bertz CT molecular complexity index is 717. The summed E-state index contributed by atoms with van der Waals surface area (Å²) in [5, 5.41) is 9.05. The predicted molar refractivity (Wildman–Crippen MR) is 74.4 cm³/mol. The van der Waals surface area contributed by atoms with Crippen molar-refractivity contribution in [2.75, 3.05) is 5.32 Å². The molecule has 0 saturated heterocycles. The summed E-state index contributed by atoms with van der Waals surface area (Å²) in [7, 11) is 0. The third kappa shape index (κ3) is 2.63. The van der Waals surface area contributed by atoms with Gasteiger partial charge in [0.2, 0.25) is 5.91 Å². The first kappa shape index (κ1) is 11.9. The molecule has 3 aromatic rings. The van der Waals surface area contributed by atoms with E-state index in [1.54, 1.807) is 28.2 Å². The van der Waals surface area contributed by atoms with E-state index in [1.807, 2.05) is 30.5 Å². The molecule has 5 nitrogen and oxygen atoms in total. The average Bonchev–Trinajstić information content (AvgIpc) is 2.96. The monoisotopic (exact) mass is 272 g/mol. The first-order chi connectivity index (χ1) is 9.20. The summed E-state index contributed by atoms with van der Waals surface area (Å²) in [6, 6.07) is 5.77. The van der Waals surface area contributed by atoms with E-state index < -0.39 is 0 Å². The summed E-state index contributed by atoms with van der Waals surface area (Å²) in [6.07, 6.45) is 3.79. The van der Waals surface area contributed by atoms with Crippen LogP contribution in [0.25, 0.3) is 5.65 Å². The Morgan fingerprint density at radius 1 is 1.53 bits per heavy atom. The third-order valence-corrected chi connectivity index (χ3v) is 3.51. The largest absolute Gasteiger partial charge is 0.323 e. The van der Waals surface area contributed by atoms with Crippen LogP contribution in [-0.4, -0.2) is 20.5 Å². The molecule has 3 rings (SSSR count). The number of anilines is 1. The van der Waals surface area contributed by atoms with E-state index in [0.717, 1.165) is 16.2 Å². The van der Waals surface area contributed by atoms with Gasteiger partial charge in [-0.3, -0.25) is 4.79 Å². The number of aromatic nitrogens is 3. The fraction of sp³-hybridized carbons (Fsp3) is 0.154. The van der Waals surface area contributed by atoms with Crippen molar-refractivity contribution < 1.29 is 4.79 Å². The lowest BCUT2D eigenvalue weighted by atomic mass is 10.3. The Balaban J connectivity index is 1.75. The number of amides is 1. The van der Waals surface area contributed by atoms with E-state index >= 15 is 0 Å². The van der Waals surface area contributed by atoms with Crippen LogP contribution < -0.4 is 5.32 Å². The van der Waals surface area contributed by atoms with E-state index in [-0.39, 0.29) is 5.91 Å². The molecule has 6 heteroatoms. The number of carbonyl (C=O) groups is 1. The van der Waals surface area contributed by atoms with Gasteiger partial charge in [-0.05, 0) is 18.4 Å². The Labute approximate surface area is 113 Å². The van der Waals surface area contributed by atoms with Crippen LogP contribution in [0.1, 0.15) is 10.6 Å². The predicted octanol–water partition coefficient (Wildman–Crippen LogP) is 2.28. The Morgan fingerprint density at radius 3 is 3.21 bits per heavy atom. The van der Waals surface area contributed by atoms with Gasteiger partial charge in [0.25, 0.3) is 0 Å². The highest BCUT2D eigenvalue weighted by Crippen LogP contribution is 2.12. The van der Waals surface area contributed by atoms with Crippen LogP contribution in [0.5, 0.6) is 0 Å². The second kappa shape index (κ2) is 4.81. The van der Waals surface area contributed by atoms with Crippen LogP contribution in [0, 0.1) is 6.92 Å². The lowest BCUT2D eigenvalue weighted by Gasteiger charge is -2.04. The highest BCUT2D eigenvalue weighted by Gasteiger charge is 2.06.